The van der Waals surface area contributed by atoms with Crippen molar-refractivity contribution in [1.29, 1.82) is 0 Å². The summed E-state index contributed by atoms with van der Waals surface area (Å²) in [6.07, 6.45) is -5.02. The highest BCUT2D eigenvalue weighted by molar-refractivity contribution is 5.71. The van der Waals surface area contributed by atoms with Gasteiger partial charge in [-0.1, -0.05) is 0 Å². The van der Waals surface area contributed by atoms with Crippen LogP contribution in [0.15, 0.2) is 18.2 Å². The molecule has 1 aromatic carbocycles. The molecular formula is C13H19N2O7-. The number of rotatable bonds is 5. The summed E-state index contributed by atoms with van der Waals surface area (Å²) in [7, 11) is 0. The molecule has 0 amide bonds. The lowest BCUT2D eigenvalue weighted by molar-refractivity contribution is -0.178. The lowest BCUT2D eigenvalue weighted by Gasteiger charge is -2.37. The van der Waals surface area contributed by atoms with E-state index < -0.39 is 24.5 Å². The molecule has 1 aromatic rings. The Kier molecular flexibility index (Phi) is 5.40. The molecule has 9 nitrogen and oxygen atoms in total. The van der Waals surface area contributed by atoms with Gasteiger partial charge in [0, 0.05) is 6.07 Å². The second-order valence-electron chi connectivity index (χ2n) is 4.83. The van der Waals surface area contributed by atoms with Crippen LogP contribution in [0.1, 0.15) is 6.92 Å². The second kappa shape index (κ2) is 7.09. The molecule has 0 saturated carbocycles. The summed E-state index contributed by atoms with van der Waals surface area (Å²) in [5.74, 6) is 0.388. The maximum absolute atomic E-state index is 11.2. The van der Waals surface area contributed by atoms with Gasteiger partial charge in [0.2, 0.25) is 0 Å². The van der Waals surface area contributed by atoms with Crippen molar-refractivity contribution >= 4 is 11.4 Å². The molecule has 22 heavy (non-hydrogen) atoms. The zero-order valence-electron chi connectivity index (χ0n) is 11.9. The van der Waals surface area contributed by atoms with E-state index in [1.807, 2.05) is 0 Å². The van der Waals surface area contributed by atoms with E-state index in [9.17, 15) is 25.7 Å². The Hall–Kier alpha value is -1.62. The molecule has 2 rings (SSSR count). The van der Waals surface area contributed by atoms with E-state index >= 15 is 0 Å². The molecule has 9 heteroatoms. The Labute approximate surface area is 126 Å². The lowest BCUT2D eigenvalue weighted by Crippen LogP contribution is -2.55. The first-order valence-electron chi connectivity index (χ1n) is 6.79. The highest BCUT2D eigenvalue weighted by Crippen LogP contribution is 2.31. The Morgan fingerprint density at radius 1 is 1.36 bits per heavy atom. The minimum Gasteiger partial charge on any atom is -0.733 e. The SMILES string of the molecule is CCOc1ccc(N[C@H]2OC[C@@H](O)[C@H](O)[C@H]2O)c(N([O-])O)c1. The predicted octanol–water partition coefficient (Wildman–Crippen LogP) is -0.370. The molecule has 5 N–H and O–H groups in total. The van der Waals surface area contributed by atoms with Gasteiger partial charge in [0.25, 0.3) is 0 Å². The third-order valence-corrected chi connectivity index (χ3v) is 3.28. The fourth-order valence-corrected chi connectivity index (χ4v) is 2.13. The van der Waals surface area contributed by atoms with E-state index in [0.29, 0.717) is 12.4 Å². The summed E-state index contributed by atoms with van der Waals surface area (Å²) in [5.41, 5.74) is 0.0379. The molecule has 1 aliphatic rings. The monoisotopic (exact) mass is 315 g/mol. The van der Waals surface area contributed by atoms with Crippen molar-refractivity contribution in [3.05, 3.63) is 23.4 Å². The number of nitrogens with zero attached hydrogens (tertiary/aromatic N) is 1. The number of aliphatic hydroxyl groups is 3. The third kappa shape index (κ3) is 3.58. The van der Waals surface area contributed by atoms with Crippen molar-refractivity contribution < 1.29 is 30.0 Å². The molecule has 0 unspecified atom stereocenters. The van der Waals surface area contributed by atoms with Gasteiger partial charge in [-0.05, 0) is 19.1 Å². The third-order valence-electron chi connectivity index (χ3n) is 3.28. The van der Waals surface area contributed by atoms with Crippen LogP contribution >= 0.6 is 0 Å². The molecule has 1 fully saturated rings. The fourth-order valence-electron chi connectivity index (χ4n) is 2.13. The average molecular weight is 315 g/mol. The largest absolute Gasteiger partial charge is 0.733 e. The zero-order valence-corrected chi connectivity index (χ0v) is 11.9. The molecule has 1 aliphatic heterocycles. The van der Waals surface area contributed by atoms with Crippen LogP contribution in [-0.2, 0) is 4.74 Å². The number of aliphatic hydroxyl groups excluding tert-OH is 3. The van der Waals surface area contributed by atoms with Gasteiger partial charge in [0.15, 0.2) is 6.23 Å². The topological polar surface area (TPSA) is 138 Å². The normalized spacial score (nSPS) is 28.3. The highest BCUT2D eigenvalue weighted by Gasteiger charge is 2.37. The summed E-state index contributed by atoms with van der Waals surface area (Å²) < 4.78 is 10.4. The minimum absolute atomic E-state index is 0.137. The Morgan fingerprint density at radius 3 is 2.73 bits per heavy atom. The molecule has 4 atom stereocenters. The maximum atomic E-state index is 11.2. The van der Waals surface area contributed by atoms with Crippen LogP contribution in [-0.4, -0.2) is 58.3 Å². The summed E-state index contributed by atoms with van der Waals surface area (Å²) in [5, 5.41) is 51.7. The molecule has 0 bridgehead atoms. The van der Waals surface area contributed by atoms with Crippen LogP contribution in [0.4, 0.5) is 11.4 Å². The number of hydrogen-bond donors (Lipinski definition) is 5. The first-order valence-corrected chi connectivity index (χ1v) is 6.79. The van der Waals surface area contributed by atoms with E-state index in [0.717, 1.165) is 0 Å². The maximum Gasteiger partial charge on any atom is 0.156 e. The van der Waals surface area contributed by atoms with Crippen LogP contribution in [0, 0.1) is 5.21 Å². The summed E-state index contributed by atoms with van der Waals surface area (Å²) >= 11 is 0. The van der Waals surface area contributed by atoms with Gasteiger partial charge in [-0.15, -0.1) is 0 Å². The van der Waals surface area contributed by atoms with Crippen LogP contribution in [0.5, 0.6) is 5.75 Å². The molecule has 0 radical (unpaired) electrons. The Morgan fingerprint density at radius 2 is 2.09 bits per heavy atom. The van der Waals surface area contributed by atoms with E-state index in [2.05, 4.69) is 5.32 Å². The first kappa shape index (κ1) is 16.7. The van der Waals surface area contributed by atoms with Gasteiger partial charge in [0.1, 0.15) is 24.1 Å². The number of ether oxygens (including phenoxy) is 2. The zero-order chi connectivity index (χ0) is 16.3. The lowest BCUT2D eigenvalue weighted by atomic mass is 10.0. The molecule has 0 spiro atoms. The summed E-state index contributed by atoms with van der Waals surface area (Å²) in [6, 6.07) is 4.35. The van der Waals surface area contributed by atoms with Crippen LogP contribution in [0.25, 0.3) is 0 Å². The average Bonchev–Trinajstić information content (AvgIpc) is 2.49. The van der Waals surface area contributed by atoms with Crippen LogP contribution in [0.3, 0.4) is 0 Å². The number of anilines is 2. The number of benzene rings is 1. The first-order chi connectivity index (χ1) is 10.4. The highest BCUT2D eigenvalue weighted by atomic mass is 16.8. The smallest absolute Gasteiger partial charge is 0.156 e. The Balaban J connectivity index is 2.18. The van der Waals surface area contributed by atoms with E-state index in [1.54, 1.807) is 13.0 Å². The van der Waals surface area contributed by atoms with Gasteiger partial charge in [-0.25, -0.2) is 0 Å². The predicted molar refractivity (Wildman–Crippen MR) is 76.6 cm³/mol. The summed E-state index contributed by atoms with van der Waals surface area (Å²) in [6.45, 7) is 1.99. The van der Waals surface area contributed by atoms with Gasteiger partial charge < -0.3 is 40.5 Å². The quantitative estimate of drug-likeness (QED) is 0.461. The van der Waals surface area contributed by atoms with Crippen LogP contribution in [0.2, 0.25) is 0 Å². The van der Waals surface area contributed by atoms with Crippen molar-refractivity contribution in [3.8, 4) is 5.75 Å². The van der Waals surface area contributed by atoms with Crippen molar-refractivity contribution in [2.45, 2.75) is 31.5 Å². The van der Waals surface area contributed by atoms with Crippen LogP contribution < -0.4 is 15.3 Å². The molecule has 0 aromatic heterocycles. The van der Waals surface area contributed by atoms with Crippen molar-refractivity contribution in [3.63, 3.8) is 0 Å². The molecule has 1 heterocycles. The van der Waals surface area contributed by atoms with E-state index in [4.69, 9.17) is 9.47 Å². The van der Waals surface area contributed by atoms with Gasteiger partial charge in [-0.2, -0.15) is 0 Å². The minimum atomic E-state index is -1.40. The second-order valence-corrected chi connectivity index (χ2v) is 4.83. The molecule has 1 saturated heterocycles. The molecule has 124 valence electrons. The van der Waals surface area contributed by atoms with Crippen molar-refractivity contribution in [2.75, 3.05) is 23.8 Å². The van der Waals surface area contributed by atoms with Gasteiger partial charge in [0.05, 0.1) is 24.6 Å². The molecule has 0 aliphatic carbocycles. The van der Waals surface area contributed by atoms with E-state index in [1.165, 1.54) is 12.1 Å². The van der Waals surface area contributed by atoms with Crippen molar-refractivity contribution in [1.82, 2.24) is 0 Å². The van der Waals surface area contributed by atoms with Gasteiger partial charge in [-0.3, -0.25) is 5.21 Å². The summed E-state index contributed by atoms with van der Waals surface area (Å²) in [4.78, 5) is 0. The van der Waals surface area contributed by atoms with E-state index in [-0.39, 0.29) is 23.2 Å². The number of hydrogen-bond acceptors (Lipinski definition) is 9. The standard InChI is InChI=1S/C13H19N2O7/c1-2-21-7-3-4-8(9(5-7)15(19)20)14-13-12(18)11(17)10(16)6-22-13/h3-5,10-14,16-19H,2,6H2,1H3/q-1/t10-,11+,12-,13+/m1/s1. The fraction of sp³-hybridized carbons (Fsp3) is 0.538. The van der Waals surface area contributed by atoms with Crippen molar-refractivity contribution in [2.24, 2.45) is 0 Å². The van der Waals surface area contributed by atoms with Gasteiger partial charge >= 0.3 is 0 Å². The Bertz CT molecular complexity index is 499. The molecular weight excluding hydrogens is 296 g/mol. The number of nitrogens with one attached hydrogen (secondary N) is 1.